The minimum Gasteiger partial charge on any atom is -0.385 e. The second kappa shape index (κ2) is 7.41. The Labute approximate surface area is 105 Å². The Balaban J connectivity index is 2.84. The molecule has 0 spiro atoms. The Kier molecular flexibility index (Phi) is 6.16. The molecule has 96 valence electrons. The van der Waals surface area contributed by atoms with E-state index in [0.717, 1.165) is 19.4 Å². The van der Waals surface area contributed by atoms with Crippen LogP contribution in [0.3, 0.4) is 0 Å². The molecule has 1 aromatic heterocycles. The fourth-order valence-electron chi connectivity index (χ4n) is 2.25. The molecule has 1 rings (SSSR count). The lowest BCUT2D eigenvalue weighted by Crippen LogP contribution is -2.25. The van der Waals surface area contributed by atoms with E-state index in [-0.39, 0.29) is 0 Å². The van der Waals surface area contributed by atoms with Crippen molar-refractivity contribution in [1.29, 1.82) is 0 Å². The average molecular weight is 236 g/mol. The second-order valence-electron chi connectivity index (χ2n) is 4.45. The highest BCUT2D eigenvalue weighted by Crippen LogP contribution is 2.26. The van der Waals surface area contributed by atoms with E-state index in [1.54, 1.807) is 7.11 Å². The van der Waals surface area contributed by atoms with Gasteiger partial charge in [0, 0.05) is 32.2 Å². The van der Waals surface area contributed by atoms with Gasteiger partial charge in [-0.3, -0.25) is 4.98 Å². The molecule has 0 aliphatic carbocycles. The Morgan fingerprint density at radius 2 is 2.24 bits per heavy atom. The highest BCUT2D eigenvalue weighted by molar-refractivity contribution is 5.27. The molecule has 1 N–H and O–H groups in total. The lowest BCUT2D eigenvalue weighted by molar-refractivity contribution is 0.171. The number of methoxy groups -OCH3 is 1. The van der Waals surface area contributed by atoms with Gasteiger partial charge in [0.25, 0.3) is 0 Å². The first-order valence-electron chi connectivity index (χ1n) is 6.33. The molecular weight excluding hydrogens is 212 g/mol. The maximum Gasteiger partial charge on any atom is 0.0465 e. The number of aromatic nitrogens is 1. The maximum absolute atomic E-state index is 5.16. The molecule has 1 heterocycles. The highest BCUT2D eigenvalue weighted by Gasteiger charge is 2.19. The third kappa shape index (κ3) is 3.79. The largest absolute Gasteiger partial charge is 0.385 e. The van der Waals surface area contributed by atoms with Crippen molar-refractivity contribution in [1.82, 2.24) is 10.3 Å². The summed E-state index contributed by atoms with van der Waals surface area (Å²) in [4.78, 5) is 4.20. The SMILES string of the molecule is CCc1cnccc1C(NC)C(C)CCOC. The van der Waals surface area contributed by atoms with Gasteiger partial charge in [-0.05, 0) is 43.0 Å². The van der Waals surface area contributed by atoms with Crippen LogP contribution in [0.1, 0.15) is 37.4 Å². The van der Waals surface area contributed by atoms with E-state index in [1.807, 2.05) is 19.4 Å². The van der Waals surface area contributed by atoms with Gasteiger partial charge in [0.15, 0.2) is 0 Å². The van der Waals surface area contributed by atoms with Crippen molar-refractivity contribution in [3.63, 3.8) is 0 Å². The molecule has 0 saturated carbocycles. The van der Waals surface area contributed by atoms with Gasteiger partial charge in [-0.25, -0.2) is 0 Å². The molecule has 3 nitrogen and oxygen atoms in total. The number of hydrogen-bond acceptors (Lipinski definition) is 3. The van der Waals surface area contributed by atoms with Gasteiger partial charge >= 0.3 is 0 Å². The third-order valence-corrected chi connectivity index (χ3v) is 3.31. The van der Waals surface area contributed by atoms with Crippen molar-refractivity contribution < 1.29 is 4.74 Å². The fourth-order valence-corrected chi connectivity index (χ4v) is 2.25. The van der Waals surface area contributed by atoms with Crippen LogP contribution in [0.5, 0.6) is 0 Å². The number of rotatable bonds is 7. The number of aryl methyl sites for hydroxylation is 1. The topological polar surface area (TPSA) is 34.2 Å². The summed E-state index contributed by atoms with van der Waals surface area (Å²) < 4.78 is 5.16. The second-order valence-corrected chi connectivity index (χ2v) is 4.45. The minimum atomic E-state index is 0.378. The average Bonchev–Trinajstić information content (AvgIpc) is 2.37. The zero-order valence-electron chi connectivity index (χ0n) is 11.4. The van der Waals surface area contributed by atoms with Crippen LogP contribution in [0.15, 0.2) is 18.5 Å². The fraction of sp³-hybridized carbons (Fsp3) is 0.643. The molecule has 2 unspecified atom stereocenters. The Morgan fingerprint density at radius 3 is 2.82 bits per heavy atom. The summed E-state index contributed by atoms with van der Waals surface area (Å²) in [5.74, 6) is 0.549. The first-order valence-corrected chi connectivity index (χ1v) is 6.33. The molecule has 0 bridgehead atoms. The van der Waals surface area contributed by atoms with Crippen molar-refractivity contribution in [2.24, 2.45) is 5.92 Å². The summed E-state index contributed by atoms with van der Waals surface area (Å²) >= 11 is 0. The van der Waals surface area contributed by atoms with Crippen LogP contribution in [0.4, 0.5) is 0 Å². The lowest BCUT2D eigenvalue weighted by atomic mass is 9.89. The predicted octanol–water partition coefficient (Wildman–Crippen LogP) is 2.58. The monoisotopic (exact) mass is 236 g/mol. The number of nitrogens with zero attached hydrogens (tertiary/aromatic N) is 1. The lowest BCUT2D eigenvalue weighted by Gasteiger charge is -2.25. The van der Waals surface area contributed by atoms with Crippen molar-refractivity contribution in [3.8, 4) is 0 Å². The molecule has 0 aromatic carbocycles. The first kappa shape index (κ1) is 14.1. The molecule has 0 aliphatic heterocycles. The van der Waals surface area contributed by atoms with Gasteiger partial charge in [0.2, 0.25) is 0 Å². The van der Waals surface area contributed by atoms with Crippen LogP contribution < -0.4 is 5.32 Å². The molecule has 0 aliphatic rings. The standard InChI is InChI=1S/C14H24N2O/c1-5-12-10-16-8-6-13(12)14(15-3)11(2)7-9-17-4/h6,8,10-11,14-15H,5,7,9H2,1-4H3. The number of pyridine rings is 1. The summed E-state index contributed by atoms with van der Waals surface area (Å²) in [6, 6.07) is 2.51. The smallest absolute Gasteiger partial charge is 0.0465 e. The molecule has 0 saturated heterocycles. The van der Waals surface area contributed by atoms with Crippen molar-refractivity contribution >= 4 is 0 Å². The highest BCUT2D eigenvalue weighted by atomic mass is 16.5. The van der Waals surface area contributed by atoms with Crippen LogP contribution in [-0.2, 0) is 11.2 Å². The van der Waals surface area contributed by atoms with Gasteiger partial charge in [-0.2, -0.15) is 0 Å². The van der Waals surface area contributed by atoms with Gasteiger partial charge in [0.05, 0.1) is 0 Å². The molecule has 2 atom stereocenters. The zero-order chi connectivity index (χ0) is 12.7. The first-order chi connectivity index (χ1) is 8.24. The third-order valence-electron chi connectivity index (χ3n) is 3.31. The van der Waals surface area contributed by atoms with Gasteiger partial charge in [0.1, 0.15) is 0 Å². The van der Waals surface area contributed by atoms with E-state index < -0.39 is 0 Å². The minimum absolute atomic E-state index is 0.378. The summed E-state index contributed by atoms with van der Waals surface area (Å²) in [5.41, 5.74) is 2.70. The van der Waals surface area contributed by atoms with Crippen molar-refractivity contribution in [2.75, 3.05) is 20.8 Å². The van der Waals surface area contributed by atoms with Gasteiger partial charge in [-0.1, -0.05) is 13.8 Å². The van der Waals surface area contributed by atoms with Gasteiger partial charge in [-0.15, -0.1) is 0 Å². The predicted molar refractivity (Wildman–Crippen MR) is 71.1 cm³/mol. The molecule has 0 radical (unpaired) electrons. The quantitative estimate of drug-likeness (QED) is 0.790. The number of nitrogens with one attached hydrogen (secondary N) is 1. The van der Waals surface area contributed by atoms with Crippen LogP contribution >= 0.6 is 0 Å². The van der Waals surface area contributed by atoms with Gasteiger partial charge < -0.3 is 10.1 Å². The van der Waals surface area contributed by atoms with E-state index in [2.05, 4.69) is 30.2 Å². The van der Waals surface area contributed by atoms with Crippen LogP contribution in [0.2, 0.25) is 0 Å². The maximum atomic E-state index is 5.16. The van der Waals surface area contributed by atoms with E-state index in [9.17, 15) is 0 Å². The molecular formula is C14H24N2O. The summed E-state index contributed by atoms with van der Waals surface area (Å²) in [5, 5.41) is 3.42. The summed E-state index contributed by atoms with van der Waals surface area (Å²) in [6.07, 6.45) is 5.94. The molecule has 0 fully saturated rings. The Bertz CT molecular complexity index is 328. The van der Waals surface area contributed by atoms with E-state index in [4.69, 9.17) is 4.74 Å². The Hall–Kier alpha value is -0.930. The van der Waals surface area contributed by atoms with Crippen LogP contribution in [0, 0.1) is 5.92 Å². The molecule has 0 amide bonds. The molecule has 1 aromatic rings. The van der Waals surface area contributed by atoms with Crippen molar-refractivity contribution in [3.05, 3.63) is 29.6 Å². The van der Waals surface area contributed by atoms with Crippen molar-refractivity contribution in [2.45, 2.75) is 32.7 Å². The zero-order valence-corrected chi connectivity index (χ0v) is 11.4. The van der Waals surface area contributed by atoms with E-state index >= 15 is 0 Å². The van der Waals surface area contributed by atoms with E-state index in [1.165, 1.54) is 11.1 Å². The van der Waals surface area contributed by atoms with E-state index in [0.29, 0.717) is 12.0 Å². The molecule has 17 heavy (non-hydrogen) atoms. The normalized spacial score (nSPS) is 14.6. The summed E-state index contributed by atoms with van der Waals surface area (Å²) in [6.45, 7) is 5.25. The number of ether oxygens (including phenoxy) is 1. The van der Waals surface area contributed by atoms with Crippen LogP contribution in [-0.4, -0.2) is 25.7 Å². The summed E-state index contributed by atoms with van der Waals surface area (Å²) in [7, 11) is 3.78. The number of hydrogen-bond donors (Lipinski definition) is 1. The Morgan fingerprint density at radius 1 is 1.47 bits per heavy atom. The molecule has 3 heteroatoms. The van der Waals surface area contributed by atoms with Crippen LogP contribution in [0.25, 0.3) is 0 Å².